The van der Waals surface area contributed by atoms with Crippen molar-refractivity contribution in [1.82, 2.24) is 4.31 Å². The molecule has 1 saturated heterocycles. The molecule has 3 aromatic rings. The van der Waals surface area contributed by atoms with Gasteiger partial charge in [-0.1, -0.05) is 78.4 Å². The lowest BCUT2D eigenvalue weighted by atomic mass is 9.94. The standard InChI is InChI=1S/C29H34N2O3SSi/c1-22-13-15-24(16-14-22)35(33,34)31-19-17-29(18-20-31)27(30-21-23-9-7-8-12-26(23)32)28(29)36(2,3)25-10-5-4-6-11-25/h4-16,21,27-28,32H,17-20H2,1-3H3/t27-,28-/m0/s1. The smallest absolute Gasteiger partial charge is 0.243 e. The van der Waals surface area contributed by atoms with Crippen molar-refractivity contribution in [3.8, 4) is 5.75 Å². The van der Waals surface area contributed by atoms with Crippen LogP contribution in [0.1, 0.15) is 24.0 Å². The highest BCUT2D eigenvalue weighted by Gasteiger charge is 2.70. The van der Waals surface area contributed by atoms with Crippen LogP contribution in [-0.2, 0) is 10.0 Å². The second kappa shape index (κ2) is 9.29. The van der Waals surface area contributed by atoms with Crippen LogP contribution in [0.2, 0.25) is 18.6 Å². The van der Waals surface area contributed by atoms with Crippen LogP contribution < -0.4 is 5.19 Å². The van der Waals surface area contributed by atoms with E-state index in [2.05, 4.69) is 43.4 Å². The van der Waals surface area contributed by atoms with E-state index in [1.165, 1.54) is 5.19 Å². The largest absolute Gasteiger partial charge is 0.507 e. The molecule has 1 spiro atoms. The highest BCUT2D eigenvalue weighted by Crippen LogP contribution is 2.69. The van der Waals surface area contributed by atoms with Crippen molar-refractivity contribution in [2.45, 2.75) is 49.3 Å². The number of phenolic OH excluding ortho intramolecular Hbond substituents is 1. The lowest BCUT2D eigenvalue weighted by Crippen LogP contribution is -2.45. The van der Waals surface area contributed by atoms with E-state index in [0.29, 0.717) is 23.5 Å². The SMILES string of the molecule is Cc1ccc(S(=O)(=O)N2CCC3(CC2)[C@@H](N=Cc2ccccc2O)[C@@H]3[Si](C)(C)c2ccccc2)cc1. The zero-order chi connectivity index (χ0) is 25.6. The van der Waals surface area contributed by atoms with E-state index in [-0.39, 0.29) is 17.2 Å². The van der Waals surface area contributed by atoms with Gasteiger partial charge in [-0.3, -0.25) is 4.99 Å². The molecule has 5 nitrogen and oxygen atoms in total. The van der Waals surface area contributed by atoms with Gasteiger partial charge in [0.1, 0.15) is 5.75 Å². The van der Waals surface area contributed by atoms with Crippen molar-refractivity contribution in [3.05, 3.63) is 90.0 Å². The van der Waals surface area contributed by atoms with E-state index in [4.69, 9.17) is 4.99 Å². The number of hydrogen-bond donors (Lipinski definition) is 1. The summed E-state index contributed by atoms with van der Waals surface area (Å²) < 4.78 is 28.3. The molecule has 0 amide bonds. The number of sulfonamides is 1. The van der Waals surface area contributed by atoms with Crippen LogP contribution in [0.3, 0.4) is 0 Å². The molecule has 0 aromatic heterocycles. The van der Waals surface area contributed by atoms with Gasteiger partial charge in [0.2, 0.25) is 10.0 Å². The average molecular weight is 519 g/mol. The maximum Gasteiger partial charge on any atom is 0.243 e. The topological polar surface area (TPSA) is 70.0 Å². The first kappa shape index (κ1) is 24.9. The maximum atomic E-state index is 13.3. The normalized spacial score (nSPS) is 22.2. The fraction of sp³-hybridized carbons (Fsp3) is 0.345. The van der Waals surface area contributed by atoms with Crippen LogP contribution >= 0.6 is 0 Å². The minimum Gasteiger partial charge on any atom is -0.507 e. The fourth-order valence-corrected chi connectivity index (χ4v) is 12.1. The molecule has 1 heterocycles. The number of phenols is 1. The Hall–Kier alpha value is -2.74. The van der Waals surface area contributed by atoms with Crippen molar-refractivity contribution in [1.29, 1.82) is 0 Å². The number of rotatable bonds is 6. The first-order valence-corrected chi connectivity index (χ1v) is 17.1. The molecule has 2 fully saturated rings. The number of benzene rings is 3. The lowest BCUT2D eigenvalue weighted by molar-refractivity contribution is 0.251. The summed E-state index contributed by atoms with van der Waals surface area (Å²) in [5.41, 5.74) is 2.17. The highest BCUT2D eigenvalue weighted by molar-refractivity contribution is 7.89. The number of nitrogens with zero attached hydrogens (tertiary/aromatic N) is 2. The van der Waals surface area contributed by atoms with Crippen molar-refractivity contribution >= 4 is 29.5 Å². The summed E-state index contributed by atoms with van der Waals surface area (Å²) in [4.78, 5) is 5.42. The summed E-state index contributed by atoms with van der Waals surface area (Å²) in [7, 11) is -5.41. The second-order valence-corrected chi connectivity index (χ2v) is 17.4. The molecule has 7 heteroatoms. The van der Waals surface area contributed by atoms with Gasteiger partial charge in [0.25, 0.3) is 0 Å². The van der Waals surface area contributed by atoms with Gasteiger partial charge in [-0.2, -0.15) is 4.31 Å². The Bertz CT molecular complexity index is 1360. The molecule has 2 atom stereocenters. The van der Waals surface area contributed by atoms with Gasteiger partial charge in [0.05, 0.1) is 19.0 Å². The maximum absolute atomic E-state index is 13.3. The van der Waals surface area contributed by atoms with Crippen molar-refractivity contribution in [3.63, 3.8) is 0 Å². The first-order valence-electron chi connectivity index (χ1n) is 12.6. The molecule has 36 heavy (non-hydrogen) atoms. The van der Waals surface area contributed by atoms with Gasteiger partial charge < -0.3 is 5.11 Å². The summed E-state index contributed by atoms with van der Waals surface area (Å²) >= 11 is 0. The Morgan fingerprint density at radius 3 is 2.19 bits per heavy atom. The molecule has 0 unspecified atom stereocenters. The number of para-hydroxylation sites is 1. The zero-order valence-electron chi connectivity index (χ0n) is 21.1. The van der Waals surface area contributed by atoms with E-state index >= 15 is 0 Å². The highest BCUT2D eigenvalue weighted by atomic mass is 32.2. The second-order valence-electron chi connectivity index (χ2n) is 10.8. The summed E-state index contributed by atoms with van der Waals surface area (Å²) in [5, 5.41) is 11.6. The van der Waals surface area contributed by atoms with E-state index in [0.717, 1.165) is 24.0 Å². The fourth-order valence-electron chi connectivity index (χ4n) is 6.23. The average Bonchev–Trinajstić information content (AvgIpc) is 3.50. The molecule has 1 N–H and O–H groups in total. The minimum absolute atomic E-state index is 0.00818. The third-order valence-electron chi connectivity index (χ3n) is 8.33. The Morgan fingerprint density at radius 1 is 0.944 bits per heavy atom. The molecule has 0 bridgehead atoms. The van der Waals surface area contributed by atoms with Crippen molar-refractivity contribution in [2.24, 2.45) is 10.4 Å². The molecular formula is C29H34N2O3SSi. The number of aromatic hydroxyl groups is 1. The van der Waals surface area contributed by atoms with Gasteiger partial charge in [0.15, 0.2) is 0 Å². The van der Waals surface area contributed by atoms with Gasteiger partial charge in [0, 0.05) is 24.9 Å². The molecular weight excluding hydrogens is 484 g/mol. The summed E-state index contributed by atoms with van der Waals surface area (Å²) in [5.74, 6) is 0.228. The zero-order valence-corrected chi connectivity index (χ0v) is 22.9. The van der Waals surface area contributed by atoms with Gasteiger partial charge in [-0.15, -0.1) is 0 Å². The number of aliphatic imine (C=N–C) groups is 1. The molecule has 188 valence electrons. The first-order chi connectivity index (χ1) is 17.2. The number of aryl methyl sites for hydroxylation is 1. The number of piperidine rings is 1. The Labute approximate surface area is 215 Å². The molecule has 5 rings (SSSR count). The van der Waals surface area contributed by atoms with E-state index < -0.39 is 18.1 Å². The van der Waals surface area contributed by atoms with Crippen molar-refractivity contribution < 1.29 is 13.5 Å². The van der Waals surface area contributed by atoms with E-state index in [1.807, 2.05) is 43.5 Å². The minimum atomic E-state index is -3.51. The van der Waals surface area contributed by atoms with Crippen LogP contribution in [0.15, 0.2) is 88.8 Å². The van der Waals surface area contributed by atoms with Crippen LogP contribution in [0.4, 0.5) is 0 Å². The molecule has 1 aliphatic carbocycles. The van der Waals surface area contributed by atoms with E-state index in [9.17, 15) is 13.5 Å². The molecule has 3 aromatic carbocycles. The summed E-state index contributed by atoms with van der Waals surface area (Å²) in [6.45, 7) is 7.81. The Balaban J connectivity index is 1.42. The van der Waals surface area contributed by atoms with Gasteiger partial charge >= 0.3 is 0 Å². The Kier molecular flexibility index (Phi) is 6.43. The molecule has 1 aliphatic heterocycles. The van der Waals surface area contributed by atoms with Crippen LogP contribution in [0.5, 0.6) is 5.75 Å². The van der Waals surface area contributed by atoms with Crippen LogP contribution in [0.25, 0.3) is 0 Å². The summed E-state index contributed by atoms with van der Waals surface area (Å²) in [6, 6.07) is 25.3. The molecule has 2 aliphatic rings. The van der Waals surface area contributed by atoms with E-state index in [1.54, 1.807) is 22.5 Å². The van der Waals surface area contributed by atoms with Gasteiger partial charge in [-0.05, 0) is 55.0 Å². The van der Waals surface area contributed by atoms with Crippen LogP contribution in [-0.4, -0.2) is 51.2 Å². The van der Waals surface area contributed by atoms with Crippen LogP contribution in [0, 0.1) is 12.3 Å². The quantitative estimate of drug-likeness (QED) is 0.370. The van der Waals surface area contributed by atoms with Crippen molar-refractivity contribution in [2.75, 3.05) is 13.1 Å². The summed E-state index contributed by atoms with van der Waals surface area (Å²) in [6.07, 6.45) is 3.41. The molecule has 1 saturated carbocycles. The lowest BCUT2D eigenvalue weighted by Gasteiger charge is -2.34. The van der Waals surface area contributed by atoms with Gasteiger partial charge in [-0.25, -0.2) is 8.42 Å². The Morgan fingerprint density at radius 2 is 1.56 bits per heavy atom. The number of hydrogen-bond acceptors (Lipinski definition) is 4. The third kappa shape index (κ3) is 4.33. The monoisotopic (exact) mass is 518 g/mol. The predicted molar refractivity (Wildman–Crippen MR) is 148 cm³/mol. The molecule has 0 radical (unpaired) electrons. The third-order valence-corrected chi connectivity index (χ3v) is 14.5. The predicted octanol–water partition coefficient (Wildman–Crippen LogP) is 4.96.